The summed E-state index contributed by atoms with van der Waals surface area (Å²) in [5.74, 6) is 1.64. The molecule has 2 aromatic heterocycles. The molecule has 5 heteroatoms. The van der Waals surface area contributed by atoms with Crippen LogP contribution in [-0.2, 0) is 19.7 Å². The minimum Gasteiger partial charge on any atom is -0.489 e. The standard InChI is InChI=1S/C24H27N3O2/c1-4-12-23(28-18-19-7-5-13-25-15-19)20(8-1)16-26-17-21-9-6-14-27-24(21)29-22-10-2-3-11-22/h1,4-9,12-15,22,26H,2-3,10-11,16-18H2. The lowest BCUT2D eigenvalue weighted by atomic mass is 10.2. The maximum absolute atomic E-state index is 6.14. The minimum atomic E-state index is 0.310. The number of hydrogen-bond donors (Lipinski definition) is 1. The van der Waals surface area contributed by atoms with Gasteiger partial charge in [-0.25, -0.2) is 4.98 Å². The number of ether oxygens (including phenoxy) is 2. The third-order valence-corrected chi connectivity index (χ3v) is 5.15. The molecule has 0 spiro atoms. The molecule has 29 heavy (non-hydrogen) atoms. The fourth-order valence-corrected chi connectivity index (χ4v) is 3.60. The Labute approximate surface area is 172 Å². The molecule has 4 rings (SSSR count). The smallest absolute Gasteiger partial charge is 0.218 e. The number of hydrogen-bond acceptors (Lipinski definition) is 5. The van der Waals surface area contributed by atoms with Crippen molar-refractivity contribution in [3.05, 3.63) is 83.8 Å². The van der Waals surface area contributed by atoms with Gasteiger partial charge in [-0.3, -0.25) is 4.98 Å². The van der Waals surface area contributed by atoms with E-state index in [0.29, 0.717) is 25.8 Å². The molecule has 1 fully saturated rings. The number of nitrogens with one attached hydrogen (secondary N) is 1. The van der Waals surface area contributed by atoms with Gasteiger partial charge in [0.1, 0.15) is 18.5 Å². The van der Waals surface area contributed by atoms with E-state index in [1.165, 1.54) is 12.8 Å². The Hall–Kier alpha value is -2.92. The van der Waals surface area contributed by atoms with Crippen LogP contribution < -0.4 is 14.8 Å². The molecule has 0 unspecified atom stereocenters. The van der Waals surface area contributed by atoms with Gasteiger partial charge in [-0.1, -0.05) is 30.3 Å². The van der Waals surface area contributed by atoms with Crippen LogP contribution in [0.3, 0.4) is 0 Å². The highest BCUT2D eigenvalue weighted by atomic mass is 16.5. The molecule has 1 N–H and O–H groups in total. The molecule has 0 aliphatic heterocycles. The Kier molecular flexibility index (Phi) is 6.71. The van der Waals surface area contributed by atoms with Crippen molar-refractivity contribution >= 4 is 0 Å². The second-order valence-electron chi connectivity index (χ2n) is 7.35. The van der Waals surface area contributed by atoms with Crippen LogP contribution in [0.1, 0.15) is 42.4 Å². The van der Waals surface area contributed by atoms with Crippen molar-refractivity contribution in [2.45, 2.75) is 51.5 Å². The van der Waals surface area contributed by atoms with Crippen molar-refractivity contribution < 1.29 is 9.47 Å². The highest BCUT2D eigenvalue weighted by molar-refractivity contribution is 5.34. The van der Waals surface area contributed by atoms with Crippen molar-refractivity contribution in [3.8, 4) is 11.6 Å². The molecule has 2 heterocycles. The predicted octanol–water partition coefficient (Wildman–Crippen LogP) is 4.67. The van der Waals surface area contributed by atoms with E-state index in [-0.39, 0.29) is 0 Å². The van der Waals surface area contributed by atoms with E-state index < -0.39 is 0 Å². The highest BCUT2D eigenvalue weighted by Gasteiger charge is 2.18. The molecule has 1 saturated carbocycles. The van der Waals surface area contributed by atoms with E-state index in [2.05, 4.69) is 27.4 Å². The molecule has 5 nitrogen and oxygen atoms in total. The molecule has 0 saturated heterocycles. The van der Waals surface area contributed by atoms with E-state index in [1.54, 1.807) is 12.4 Å². The summed E-state index contributed by atoms with van der Waals surface area (Å²) in [6.45, 7) is 1.92. The third-order valence-electron chi connectivity index (χ3n) is 5.15. The van der Waals surface area contributed by atoms with Gasteiger partial charge >= 0.3 is 0 Å². The van der Waals surface area contributed by atoms with Gasteiger partial charge in [0, 0.05) is 48.4 Å². The maximum atomic E-state index is 6.14. The maximum Gasteiger partial charge on any atom is 0.218 e. The van der Waals surface area contributed by atoms with Gasteiger partial charge in [-0.05, 0) is 43.9 Å². The average molecular weight is 389 g/mol. The first-order valence-corrected chi connectivity index (χ1v) is 10.3. The van der Waals surface area contributed by atoms with Gasteiger partial charge in [-0.2, -0.15) is 0 Å². The summed E-state index contributed by atoms with van der Waals surface area (Å²) in [7, 11) is 0. The van der Waals surface area contributed by atoms with Crippen LogP contribution in [0.5, 0.6) is 11.6 Å². The molecule has 3 aromatic rings. The summed E-state index contributed by atoms with van der Waals surface area (Å²) < 4.78 is 12.2. The number of rotatable bonds is 9. The van der Waals surface area contributed by atoms with Gasteiger partial charge in [0.2, 0.25) is 5.88 Å². The minimum absolute atomic E-state index is 0.310. The molecule has 0 radical (unpaired) electrons. The number of benzene rings is 1. The van der Waals surface area contributed by atoms with Crippen LogP contribution in [0.15, 0.2) is 67.1 Å². The molecule has 0 bridgehead atoms. The Morgan fingerprint density at radius 2 is 1.69 bits per heavy atom. The lowest BCUT2D eigenvalue weighted by molar-refractivity contribution is 0.199. The first-order chi connectivity index (χ1) is 14.4. The second kappa shape index (κ2) is 10.0. The fraction of sp³-hybridized carbons (Fsp3) is 0.333. The molecule has 150 valence electrons. The van der Waals surface area contributed by atoms with Crippen molar-refractivity contribution in [3.63, 3.8) is 0 Å². The van der Waals surface area contributed by atoms with Gasteiger partial charge in [-0.15, -0.1) is 0 Å². The molecule has 0 atom stereocenters. The molecule has 1 aromatic carbocycles. The lowest BCUT2D eigenvalue weighted by Gasteiger charge is -2.16. The van der Waals surface area contributed by atoms with Gasteiger partial charge < -0.3 is 14.8 Å². The lowest BCUT2D eigenvalue weighted by Crippen LogP contribution is -2.17. The van der Waals surface area contributed by atoms with Crippen LogP contribution in [0.25, 0.3) is 0 Å². The molecular formula is C24H27N3O2. The molecule has 1 aliphatic carbocycles. The van der Waals surface area contributed by atoms with Crippen molar-refractivity contribution in [2.24, 2.45) is 0 Å². The van der Waals surface area contributed by atoms with Crippen molar-refractivity contribution in [1.82, 2.24) is 15.3 Å². The summed E-state index contributed by atoms with van der Waals surface area (Å²) in [5, 5.41) is 3.51. The van der Waals surface area contributed by atoms with E-state index >= 15 is 0 Å². The zero-order chi connectivity index (χ0) is 19.7. The van der Waals surface area contributed by atoms with Crippen molar-refractivity contribution in [1.29, 1.82) is 0 Å². The number of pyridine rings is 2. The topological polar surface area (TPSA) is 56.3 Å². The van der Waals surface area contributed by atoms with Gasteiger partial charge in [0.25, 0.3) is 0 Å². The summed E-state index contributed by atoms with van der Waals surface area (Å²) in [6, 6.07) is 16.1. The Morgan fingerprint density at radius 1 is 0.897 bits per heavy atom. The summed E-state index contributed by atoms with van der Waals surface area (Å²) in [5.41, 5.74) is 3.27. The molecular weight excluding hydrogens is 362 g/mol. The number of nitrogens with zero attached hydrogens (tertiary/aromatic N) is 2. The summed E-state index contributed by atoms with van der Waals surface area (Å²) in [4.78, 5) is 8.59. The zero-order valence-electron chi connectivity index (χ0n) is 16.6. The third kappa shape index (κ3) is 5.55. The molecule has 1 aliphatic rings. The summed E-state index contributed by atoms with van der Waals surface area (Å²) in [6.07, 6.45) is 10.5. The van der Waals surface area contributed by atoms with Gasteiger partial charge in [0.15, 0.2) is 0 Å². The first-order valence-electron chi connectivity index (χ1n) is 10.3. The van der Waals surface area contributed by atoms with Crippen LogP contribution in [-0.4, -0.2) is 16.1 Å². The van der Waals surface area contributed by atoms with Crippen LogP contribution >= 0.6 is 0 Å². The quantitative estimate of drug-likeness (QED) is 0.576. The largest absolute Gasteiger partial charge is 0.489 e. The SMILES string of the molecule is c1cncc(COc2ccccc2CNCc2cccnc2OC2CCCC2)c1. The van der Waals surface area contributed by atoms with E-state index in [1.807, 2.05) is 42.6 Å². The summed E-state index contributed by atoms with van der Waals surface area (Å²) >= 11 is 0. The molecule has 0 amide bonds. The number of aromatic nitrogens is 2. The zero-order valence-corrected chi connectivity index (χ0v) is 16.6. The Morgan fingerprint density at radius 3 is 2.55 bits per heavy atom. The number of para-hydroxylation sites is 1. The Bertz CT molecular complexity index is 895. The monoisotopic (exact) mass is 389 g/mol. The van der Waals surface area contributed by atoms with Crippen LogP contribution in [0, 0.1) is 0 Å². The van der Waals surface area contributed by atoms with E-state index in [0.717, 1.165) is 41.2 Å². The second-order valence-corrected chi connectivity index (χ2v) is 7.35. The Balaban J connectivity index is 1.34. The highest BCUT2D eigenvalue weighted by Crippen LogP contribution is 2.25. The van der Waals surface area contributed by atoms with E-state index in [9.17, 15) is 0 Å². The average Bonchev–Trinajstić information content (AvgIpc) is 3.28. The normalized spacial score (nSPS) is 14.1. The van der Waals surface area contributed by atoms with E-state index in [4.69, 9.17) is 9.47 Å². The van der Waals surface area contributed by atoms with Crippen molar-refractivity contribution in [2.75, 3.05) is 0 Å². The fourth-order valence-electron chi connectivity index (χ4n) is 3.60. The predicted molar refractivity (Wildman–Crippen MR) is 113 cm³/mol. The first kappa shape index (κ1) is 19.4. The van der Waals surface area contributed by atoms with Crippen LogP contribution in [0.4, 0.5) is 0 Å². The van der Waals surface area contributed by atoms with Crippen LogP contribution in [0.2, 0.25) is 0 Å². The van der Waals surface area contributed by atoms with Gasteiger partial charge in [0.05, 0.1) is 0 Å².